The van der Waals surface area contributed by atoms with Gasteiger partial charge in [-0.2, -0.15) is 0 Å². The standard InChI is InChI=1S/C13H19NS/c1-2-6-12(7-3-1)8-4-5-9-13-14-10-11-15-13/h1-3,6-7,13-14H,4-5,8-11H2. The minimum Gasteiger partial charge on any atom is -0.305 e. The molecule has 0 radical (unpaired) electrons. The molecule has 0 spiro atoms. The molecule has 1 N–H and O–H groups in total. The van der Waals surface area contributed by atoms with Crippen molar-refractivity contribution in [2.75, 3.05) is 12.3 Å². The molecule has 15 heavy (non-hydrogen) atoms. The topological polar surface area (TPSA) is 12.0 Å². The number of benzene rings is 1. The maximum Gasteiger partial charge on any atom is 0.0532 e. The summed E-state index contributed by atoms with van der Waals surface area (Å²) in [6.07, 6.45) is 5.23. The second-order valence-electron chi connectivity index (χ2n) is 4.04. The molecule has 0 aliphatic carbocycles. The smallest absolute Gasteiger partial charge is 0.0532 e. The molecule has 0 bridgehead atoms. The average molecular weight is 221 g/mol. The summed E-state index contributed by atoms with van der Waals surface area (Å²) in [7, 11) is 0. The van der Waals surface area contributed by atoms with Crippen molar-refractivity contribution in [2.45, 2.75) is 31.1 Å². The number of rotatable bonds is 5. The Bertz CT molecular complexity index is 267. The van der Waals surface area contributed by atoms with Crippen LogP contribution in [0.1, 0.15) is 24.8 Å². The fourth-order valence-corrected chi connectivity index (χ4v) is 3.06. The molecule has 0 aromatic heterocycles. The third-order valence-electron chi connectivity index (χ3n) is 2.82. The van der Waals surface area contributed by atoms with Crippen LogP contribution in [-0.4, -0.2) is 17.7 Å². The zero-order chi connectivity index (χ0) is 10.3. The Hall–Kier alpha value is -0.470. The predicted molar refractivity (Wildman–Crippen MR) is 68.2 cm³/mol. The van der Waals surface area contributed by atoms with Gasteiger partial charge < -0.3 is 5.32 Å². The lowest BCUT2D eigenvalue weighted by molar-refractivity contribution is 0.603. The van der Waals surface area contributed by atoms with E-state index in [1.54, 1.807) is 0 Å². The van der Waals surface area contributed by atoms with Crippen molar-refractivity contribution in [1.29, 1.82) is 0 Å². The molecule has 1 aromatic carbocycles. The summed E-state index contributed by atoms with van der Waals surface area (Å²) in [5.41, 5.74) is 1.48. The van der Waals surface area contributed by atoms with Gasteiger partial charge in [0.05, 0.1) is 5.37 Å². The van der Waals surface area contributed by atoms with Crippen LogP contribution in [0.2, 0.25) is 0 Å². The van der Waals surface area contributed by atoms with Crippen molar-refractivity contribution in [1.82, 2.24) is 5.32 Å². The Morgan fingerprint density at radius 3 is 2.80 bits per heavy atom. The molecule has 1 aliphatic rings. The van der Waals surface area contributed by atoms with Crippen LogP contribution in [0.5, 0.6) is 0 Å². The van der Waals surface area contributed by atoms with Crippen LogP contribution in [0.3, 0.4) is 0 Å². The maximum atomic E-state index is 3.52. The molecule has 0 saturated carbocycles. The maximum absolute atomic E-state index is 3.52. The highest BCUT2D eigenvalue weighted by molar-refractivity contribution is 8.00. The first-order valence-corrected chi connectivity index (χ1v) is 6.89. The van der Waals surface area contributed by atoms with E-state index < -0.39 is 0 Å². The van der Waals surface area contributed by atoms with Crippen LogP contribution in [0.4, 0.5) is 0 Å². The summed E-state index contributed by atoms with van der Waals surface area (Å²) in [5.74, 6) is 1.29. The van der Waals surface area contributed by atoms with E-state index in [2.05, 4.69) is 47.4 Å². The van der Waals surface area contributed by atoms with Gasteiger partial charge in [0.15, 0.2) is 0 Å². The highest BCUT2D eigenvalue weighted by atomic mass is 32.2. The minimum atomic E-state index is 0.737. The van der Waals surface area contributed by atoms with Crippen molar-refractivity contribution in [2.24, 2.45) is 0 Å². The first kappa shape index (κ1) is 11.0. The van der Waals surface area contributed by atoms with E-state index in [1.165, 1.54) is 43.5 Å². The van der Waals surface area contributed by atoms with E-state index in [4.69, 9.17) is 0 Å². The summed E-state index contributed by atoms with van der Waals surface area (Å²) in [5, 5.41) is 4.26. The van der Waals surface area contributed by atoms with Gasteiger partial charge in [-0.1, -0.05) is 36.8 Å². The van der Waals surface area contributed by atoms with Gasteiger partial charge in [0.1, 0.15) is 0 Å². The van der Waals surface area contributed by atoms with Gasteiger partial charge in [0.25, 0.3) is 0 Å². The van der Waals surface area contributed by atoms with Crippen LogP contribution in [0.15, 0.2) is 30.3 Å². The molecule has 82 valence electrons. The van der Waals surface area contributed by atoms with E-state index in [0.717, 1.165) is 5.37 Å². The van der Waals surface area contributed by atoms with Crippen LogP contribution in [0, 0.1) is 0 Å². The van der Waals surface area contributed by atoms with Crippen LogP contribution >= 0.6 is 11.8 Å². The van der Waals surface area contributed by atoms with Crippen LogP contribution in [0.25, 0.3) is 0 Å². The number of thioether (sulfide) groups is 1. The predicted octanol–water partition coefficient (Wildman–Crippen LogP) is 3.06. The second kappa shape index (κ2) is 6.19. The molecule has 0 amide bonds. The van der Waals surface area contributed by atoms with Gasteiger partial charge >= 0.3 is 0 Å². The second-order valence-corrected chi connectivity index (χ2v) is 5.36. The quantitative estimate of drug-likeness (QED) is 0.767. The number of nitrogens with one attached hydrogen (secondary N) is 1. The molecule has 1 unspecified atom stereocenters. The first-order valence-electron chi connectivity index (χ1n) is 5.84. The Labute approximate surface area is 96.7 Å². The molecule has 1 atom stereocenters. The Balaban J connectivity index is 1.59. The Morgan fingerprint density at radius 1 is 1.20 bits per heavy atom. The van der Waals surface area contributed by atoms with Crippen molar-refractivity contribution in [3.63, 3.8) is 0 Å². The van der Waals surface area contributed by atoms with Crippen molar-refractivity contribution in [3.8, 4) is 0 Å². The number of unbranched alkanes of at least 4 members (excludes halogenated alkanes) is 1. The monoisotopic (exact) mass is 221 g/mol. The fourth-order valence-electron chi connectivity index (χ4n) is 1.97. The third kappa shape index (κ3) is 3.88. The zero-order valence-electron chi connectivity index (χ0n) is 9.11. The molecule has 2 rings (SSSR count). The highest BCUT2D eigenvalue weighted by Crippen LogP contribution is 2.19. The fraction of sp³-hybridized carbons (Fsp3) is 0.538. The van der Waals surface area contributed by atoms with Gasteiger partial charge in [0, 0.05) is 12.3 Å². The normalized spacial score (nSPS) is 20.7. The highest BCUT2D eigenvalue weighted by Gasteiger charge is 2.13. The minimum absolute atomic E-state index is 0.737. The molecule has 1 fully saturated rings. The molecule has 1 saturated heterocycles. The molecule has 1 nitrogen and oxygen atoms in total. The average Bonchev–Trinajstić information content (AvgIpc) is 2.79. The van der Waals surface area contributed by atoms with E-state index >= 15 is 0 Å². The number of hydrogen-bond donors (Lipinski definition) is 1. The molecule has 1 aromatic rings. The molecule has 2 heteroatoms. The molecule has 1 aliphatic heterocycles. The lowest BCUT2D eigenvalue weighted by Gasteiger charge is -2.08. The lowest BCUT2D eigenvalue weighted by Crippen LogP contribution is -2.19. The summed E-state index contributed by atoms with van der Waals surface area (Å²) in [6, 6.07) is 10.8. The van der Waals surface area contributed by atoms with Gasteiger partial charge in [0.2, 0.25) is 0 Å². The molecular weight excluding hydrogens is 202 g/mol. The molecule has 1 heterocycles. The summed E-state index contributed by atoms with van der Waals surface area (Å²) in [4.78, 5) is 0. The first-order chi connectivity index (χ1) is 7.45. The van der Waals surface area contributed by atoms with E-state index in [1.807, 2.05) is 0 Å². The van der Waals surface area contributed by atoms with Crippen molar-refractivity contribution >= 4 is 11.8 Å². The largest absolute Gasteiger partial charge is 0.305 e. The summed E-state index contributed by atoms with van der Waals surface area (Å²) >= 11 is 2.08. The zero-order valence-corrected chi connectivity index (χ0v) is 9.93. The van der Waals surface area contributed by atoms with Crippen molar-refractivity contribution in [3.05, 3.63) is 35.9 Å². The number of aryl methyl sites for hydroxylation is 1. The summed E-state index contributed by atoms with van der Waals surface area (Å²) in [6.45, 7) is 1.20. The molecular formula is C13H19NS. The van der Waals surface area contributed by atoms with Crippen LogP contribution in [-0.2, 0) is 6.42 Å². The van der Waals surface area contributed by atoms with Gasteiger partial charge in [-0.15, -0.1) is 11.8 Å². The van der Waals surface area contributed by atoms with Crippen molar-refractivity contribution < 1.29 is 0 Å². The lowest BCUT2D eigenvalue weighted by atomic mass is 10.1. The van der Waals surface area contributed by atoms with E-state index in [9.17, 15) is 0 Å². The van der Waals surface area contributed by atoms with Gasteiger partial charge in [-0.3, -0.25) is 0 Å². The van der Waals surface area contributed by atoms with Crippen LogP contribution < -0.4 is 5.32 Å². The Morgan fingerprint density at radius 2 is 2.07 bits per heavy atom. The number of hydrogen-bond acceptors (Lipinski definition) is 2. The van der Waals surface area contributed by atoms with Gasteiger partial charge in [-0.25, -0.2) is 0 Å². The Kier molecular flexibility index (Phi) is 4.55. The third-order valence-corrected chi connectivity index (χ3v) is 4.06. The summed E-state index contributed by atoms with van der Waals surface area (Å²) < 4.78 is 0. The van der Waals surface area contributed by atoms with E-state index in [0.29, 0.717) is 0 Å². The van der Waals surface area contributed by atoms with E-state index in [-0.39, 0.29) is 0 Å². The van der Waals surface area contributed by atoms with Gasteiger partial charge in [-0.05, 0) is 24.8 Å². The SMILES string of the molecule is c1ccc(CCCCC2NCCS2)cc1.